The van der Waals surface area contributed by atoms with Gasteiger partial charge in [0.25, 0.3) is 5.91 Å². The Morgan fingerprint density at radius 1 is 1.15 bits per heavy atom. The molecule has 3 rings (SSSR count). The van der Waals surface area contributed by atoms with Crippen molar-refractivity contribution in [3.63, 3.8) is 0 Å². The van der Waals surface area contributed by atoms with E-state index < -0.39 is 15.9 Å². The monoisotopic (exact) mass is 487 g/mol. The van der Waals surface area contributed by atoms with Gasteiger partial charge >= 0.3 is 0 Å². The predicted molar refractivity (Wildman–Crippen MR) is 132 cm³/mol. The molecule has 1 fully saturated rings. The fraction of sp³-hybridized carbons (Fsp3) is 0.440. The molecule has 0 unspecified atom stereocenters. The molecule has 34 heavy (non-hydrogen) atoms. The first kappa shape index (κ1) is 25.7. The van der Waals surface area contributed by atoms with Crippen molar-refractivity contribution in [3.8, 4) is 11.5 Å². The van der Waals surface area contributed by atoms with Crippen LogP contribution in [0.4, 0.5) is 0 Å². The number of hydrogen-bond donors (Lipinski definition) is 2. The van der Waals surface area contributed by atoms with Gasteiger partial charge in [-0.05, 0) is 68.5 Å². The van der Waals surface area contributed by atoms with E-state index in [1.54, 1.807) is 26.0 Å². The zero-order valence-corrected chi connectivity index (χ0v) is 21.0. The zero-order valence-electron chi connectivity index (χ0n) is 20.2. The van der Waals surface area contributed by atoms with E-state index in [4.69, 9.17) is 4.74 Å². The van der Waals surface area contributed by atoms with Gasteiger partial charge in [0.05, 0.1) is 24.8 Å². The highest BCUT2D eigenvalue weighted by molar-refractivity contribution is 7.89. The molecule has 8 nitrogen and oxygen atoms in total. The largest absolute Gasteiger partial charge is 0.504 e. The molecule has 0 atom stereocenters. The Bertz CT molecular complexity index is 1150. The maximum Gasteiger partial charge on any atom is 0.255 e. The lowest BCUT2D eigenvalue weighted by molar-refractivity contribution is -0.121. The van der Waals surface area contributed by atoms with E-state index in [2.05, 4.69) is 10.5 Å². The molecule has 0 aliphatic heterocycles. The summed E-state index contributed by atoms with van der Waals surface area (Å²) in [4.78, 5) is 13.0. The summed E-state index contributed by atoms with van der Waals surface area (Å²) in [7, 11) is -2.45. The highest BCUT2D eigenvalue weighted by atomic mass is 32.2. The van der Waals surface area contributed by atoms with E-state index in [0.29, 0.717) is 16.7 Å². The smallest absolute Gasteiger partial charge is 0.255 e. The number of nitrogens with zero attached hydrogens (tertiary/aromatic N) is 2. The van der Waals surface area contributed by atoms with Crippen LogP contribution in [0.25, 0.3) is 0 Å². The van der Waals surface area contributed by atoms with Crippen LogP contribution >= 0.6 is 0 Å². The van der Waals surface area contributed by atoms with Crippen LogP contribution in [0, 0.1) is 20.8 Å². The SMILES string of the molecule is COc1cc(/C=N/NC(=O)CN(C2CCCCC2)S(=O)(=O)c2c(C)cc(C)cc2C)ccc1O. The number of ether oxygens (including phenoxy) is 1. The molecule has 0 heterocycles. The molecule has 1 aliphatic carbocycles. The number of phenolic OH excluding ortho intramolecular Hbond substituents is 1. The number of hydrogen-bond acceptors (Lipinski definition) is 6. The van der Waals surface area contributed by atoms with Crippen molar-refractivity contribution in [1.29, 1.82) is 0 Å². The number of hydrazone groups is 1. The highest BCUT2D eigenvalue weighted by Gasteiger charge is 2.35. The summed E-state index contributed by atoms with van der Waals surface area (Å²) in [5.41, 5.74) is 5.40. The highest BCUT2D eigenvalue weighted by Crippen LogP contribution is 2.31. The van der Waals surface area contributed by atoms with Gasteiger partial charge in [-0.3, -0.25) is 4.79 Å². The van der Waals surface area contributed by atoms with E-state index in [9.17, 15) is 18.3 Å². The normalized spacial score (nSPS) is 15.1. The molecule has 0 radical (unpaired) electrons. The first-order valence-electron chi connectivity index (χ1n) is 11.4. The second-order valence-electron chi connectivity index (χ2n) is 8.79. The van der Waals surface area contributed by atoms with E-state index in [1.165, 1.54) is 23.7 Å². The Morgan fingerprint density at radius 3 is 2.41 bits per heavy atom. The Labute approximate surface area is 201 Å². The number of methoxy groups -OCH3 is 1. The summed E-state index contributed by atoms with van der Waals surface area (Å²) in [5, 5.41) is 13.7. The minimum Gasteiger partial charge on any atom is -0.504 e. The molecule has 2 aromatic carbocycles. The van der Waals surface area contributed by atoms with Crippen LogP contribution in [0.1, 0.15) is 54.4 Å². The van der Waals surface area contributed by atoms with Gasteiger partial charge in [0.2, 0.25) is 10.0 Å². The predicted octanol–water partition coefficient (Wildman–Crippen LogP) is 3.80. The molecule has 184 valence electrons. The molecule has 0 saturated heterocycles. The number of carbonyl (C=O) groups excluding carboxylic acids is 1. The molecule has 1 amide bonds. The van der Waals surface area contributed by atoms with Crippen molar-refractivity contribution < 1.29 is 23.1 Å². The van der Waals surface area contributed by atoms with Gasteiger partial charge in [0.15, 0.2) is 11.5 Å². The van der Waals surface area contributed by atoms with Gasteiger partial charge in [-0.2, -0.15) is 9.41 Å². The molecule has 2 aromatic rings. The molecule has 0 spiro atoms. The molecule has 9 heteroatoms. The molecular formula is C25H33N3O5S. The van der Waals surface area contributed by atoms with Crippen molar-refractivity contribution in [1.82, 2.24) is 9.73 Å². The van der Waals surface area contributed by atoms with Gasteiger partial charge in [-0.1, -0.05) is 37.0 Å². The van der Waals surface area contributed by atoms with Gasteiger partial charge < -0.3 is 9.84 Å². The lowest BCUT2D eigenvalue weighted by atomic mass is 9.95. The third kappa shape index (κ3) is 5.95. The van der Waals surface area contributed by atoms with Gasteiger partial charge in [0.1, 0.15) is 0 Å². The van der Waals surface area contributed by atoms with Crippen molar-refractivity contribution in [2.24, 2.45) is 5.10 Å². The Morgan fingerprint density at radius 2 is 1.79 bits per heavy atom. The first-order chi connectivity index (χ1) is 16.1. The number of rotatable bonds is 8. The van der Waals surface area contributed by atoms with Gasteiger partial charge in [-0.25, -0.2) is 13.8 Å². The molecule has 0 bridgehead atoms. The van der Waals surface area contributed by atoms with Crippen LogP contribution in [0.3, 0.4) is 0 Å². The van der Waals surface area contributed by atoms with Crippen molar-refractivity contribution in [3.05, 3.63) is 52.6 Å². The minimum atomic E-state index is -3.89. The third-order valence-corrected chi connectivity index (χ3v) is 8.26. The minimum absolute atomic E-state index is 0.00120. The molecule has 1 aliphatic rings. The maximum absolute atomic E-state index is 13.8. The fourth-order valence-corrected chi connectivity index (χ4v) is 6.66. The van der Waals surface area contributed by atoms with Crippen LogP contribution in [0.15, 0.2) is 40.3 Å². The number of sulfonamides is 1. The number of benzene rings is 2. The van der Waals surface area contributed by atoms with E-state index in [1.807, 2.05) is 19.1 Å². The third-order valence-electron chi connectivity index (χ3n) is 6.06. The Hall–Kier alpha value is -2.91. The van der Waals surface area contributed by atoms with Crippen LogP contribution in [-0.2, 0) is 14.8 Å². The van der Waals surface area contributed by atoms with Crippen molar-refractivity contribution >= 4 is 22.1 Å². The number of phenols is 1. The summed E-state index contributed by atoms with van der Waals surface area (Å²) in [5.74, 6) is -0.231. The average Bonchev–Trinajstić information content (AvgIpc) is 2.78. The van der Waals surface area contributed by atoms with E-state index >= 15 is 0 Å². The van der Waals surface area contributed by atoms with Crippen LogP contribution in [-0.4, -0.2) is 49.6 Å². The average molecular weight is 488 g/mol. The van der Waals surface area contributed by atoms with Crippen LogP contribution < -0.4 is 10.2 Å². The summed E-state index contributed by atoms with van der Waals surface area (Å²) < 4.78 is 34.0. The second kappa shape index (κ2) is 11.0. The molecule has 1 saturated carbocycles. The van der Waals surface area contributed by atoms with Crippen molar-refractivity contribution in [2.45, 2.75) is 63.8 Å². The Balaban J connectivity index is 1.82. The zero-order chi connectivity index (χ0) is 24.9. The van der Waals surface area contributed by atoms with Crippen LogP contribution in [0.5, 0.6) is 11.5 Å². The number of nitrogens with one attached hydrogen (secondary N) is 1. The lowest BCUT2D eigenvalue weighted by Crippen LogP contribution is -2.46. The molecule has 0 aromatic heterocycles. The second-order valence-corrected chi connectivity index (χ2v) is 10.6. The number of amides is 1. The standard InChI is InChI=1S/C25H33N3O5S/c1-17-12-18(2)25(19(3)13-17)34(31,32)28(21-8-6-5-7-9-21)16-24(30)27-26-15-20-10-11-22(29)23(14-20)33-4/h10-15,21,29H,5-9,16H2,1-4H3,(H,27,30)/b26-15+. The van der Waals surface area contributed by atoms with Gasteiger partial charge in [-0.15, -0.1) is 0 Å². The quantitative estimate of drug-likeness (QED) is 0.435. The summed E-state index contributed by atoms with van der Waals surface area (Å²) in [6.07, 6.45) is 5.81. The van der Waals surface area contributed by atoms with Gasteiger partial charge in [0, 0.05) is 6.04 Å². The summed E-state index contributed by atoms with van der Waals surface area (Å²) in [6.45, 7) is 5.21. The number of aromatic hydroxyl groups is 1. The number of aryl methyl sites for hydroxylation is 3. The van der Waals surface area contributed by atoms with Crippen molar-refractivity contribution in [2.75, 3.05) is 13.7 Å². The Kier molecular flexibility index (Phi) is 8.33. The van der Waals surface area contributed by atoms with E-state index in [-0.39, 0.29) is 29.0 Å². The summed E-state index contributed by atoms with van der Waals surface area (Å²) in [6, 6.07) is 8.15. The maximum atomic E-state index is 13.8. The summed E-state index contributed by atoms with van der Waals surface area (Å²) >= 11 is 0. The number of carbonyl (C=O) groups is 1. The lowest BCUT2D eigenvalue weighted by Gasteiger charge is -2.33. The fourth-order valence-electron chi connectivity index (χ4n) is 4.60. The molecular weight excluding hydrogens is 454 g/mol. The molecule has 2 N–H and O–H groups in total. The topological polar surface area (TPSA) is 108 Å². The first-order valence-corrected chi connectivity index (χ1v) is 12.9. The van der Waals surface area contributed by atoms with Crippen LogP contribution in [0.2, 0.25) is 0 Å². The van der Waals surface area contributed by atoms with E-state index in [0.717, 1.165) is 37.7 Å².